The zero-order valence-electron chi connectivity index (χ0n) is 5.76. The highest BCUT2D eigenvalue weighted by Crippen LogP contribution is 2.24. The summed E-state index contributed by atoms with van der Waals surface area (Å²) in [5.74, 6) is -1.15. The summed E-state index contributed by atoms with van der Waals surface area (Å²) < 4.78 is 36.7. The Kier molecular flexibility index (Phi) is 2.29. The van der Waals surface area contributed by atoms with Gasteiger partial charge in [0.05, 0.1) is 17.3 Å². The number of aromatic nitrogens is 1. The van der Waals surface area contributed by atoms with E-state index in [2.05, 4.69) is 4.98 Å². The summed E-state index contributed by atoms with van der Waals surface area (Å²) in [5, 5.41) is 8.30. The van der Waals surface area contributed by atoms with Crippen molar-refractivity contribution < 1.29 is 13.2 Å². The minimum Gasteiger partial charge on any atom is -0.260 e. The number of nitriles is 1. The van der Waals surface area contributed by atoms with Crippen LogP contribution in [0.4, 0.5) is 13.2 Å². The van der Waals surface area contributed by atoms with E-state index in [1.165, 1.54) is 6.07 Å². The summed E-state index contributed by atoms with van der Waals surface area (Å²) in [4.78, 5) is 3.27. The van der Waals surface area contributed by atoms with Gasteiger partial charge in [-0.15, -0.1) is 0 Å². The van der Waals surface area contributed by atoms with Crippen molar-refractivity contribution in [1.82, 2.24) is 4.98 Å². The van der Waals surface area contributed by atoms with Gasteiger partial charge >= 0.3 is 0 Å². The molecular weight excluding hydrogens is 169 g/mol. The monoisotopic (exact) mass is 172 g/mol. The van der Waals surface area contributed by atoms with E-state index < -0.39 is 23.4 Å². The van der Waals surface area contributed by atoms with Crippen molar-refractivity contribution in [2.24, 2.45) is 0 Å². The Bertz CT molecular complexity index is 330. The van der Waals surface area contributed by atoms with E-state index in [-0.39, 0.29) is 0 Å². The minimum absolute atomic E-state index is 0.426. The Balaban J connectivity index is 3.32. The van der Waals surface area contributed by atoms with Gasteiger partial charge < -0.3 is 0 Å². The smallest absolute Gasteiger partial charge is 0.260 e. The lowest BCUT2D eigenvalue weighted by molar-refractivity contribution is 0.146. The first kappa shape index (κ1) is 8.53. The zero-order chi connectivity index (χ0) is 9.14. The van der Waals surface area contributed by atoms with Gasteiger partial charge in [-0.2, -0.15) is 5.26 Å². The average molecular weight is 172 g/mol. The molecule has 1 heterocycles. The third-order valence-electron chi connectivity index (χ3n) is 1.28. The van der Waals surface area contributed by atoms with E-state index in [1.807, 2.05) is 0 Å². The fourth-order valence-corrected chi connectivity index (χ4v) is 0.756. The van der Waals surface area contributed by atoms with Crippen LogP contribution < -0.4 is 0 Å². The molecule has 0 atom stereocenters. The number of rotatable bonds is 1. The largest absolute Gasteiger partial charge is 0.268 e. The lowest BCUT2D eigenvalue weighted by Gasteiger charge is -2.01. The molecule has 0 bridgehead atoms. The predicted octanol–water partition coefficient (Wildman–Crippen LogP) is 2.03. The Morgan fingerprint density at radius 2 is 2.08 bits per heavy atom. The Labute approximate surface area is 66.3 Å². The number of pyridine rings is 1. The van der Waals surface area contributed by atoms with E-state index in [9.17, 15) is 13.2 Å². The average Bonchev–Trinajstić information content (AvgIpc) is 2.03. The van der Waals surface area contributed by atoms with Crippen molar-refractivity contribution in [3.8, 4) is 6.07 Å². The molecule has 0 amide bonds. The van der Waals surface area contributed by atoms with E-state index in [1.54, 1.807) is 0 Å². The van der Waals surface area contributed by atoms with Crippen LogP contribution in [0.3, 0.4) is 0 Å². The summed E-state index contributed by atoms with van der Waals surface area (Å²) in [6.07, 6.45) is -1.42. The molecule has 1 aromatic heterocycles. The Hall–Kier alpha value is -1.57. The maximum Gasteiger partial charge on any atom is 0.268 e. The minimum atomic E-state index is -2.98. The number of alkyl halides is 2. The van der Waals surface area contributed by atoms with Crippen molar-refractivity contribution in [3.63, 3.8) is 0 Å². The number of halogens is 3. The van der Waals surface area contributed by atoms with Gasteiger partial charge in [-0.1, -0.05) is 0 Å². The van der Waals surface area contributed by atoms with E-state index in [0.717, 1.165) is 6.20 Å². The first-order valence-corrected chi connectivity index (χ1v) is 2.98. The van der Waals surface area contributed by atoms with Crippen molar-refractivity contribution in [2.75, 3.05) is 0 Å². The molecule has 0 fully saturated rings. The molecule has 0 saturated carbocycles. The van der Waals surface area contributed by atoms with Gasteiger partial charge in [0, 0.05) is 6.20 Å². The Morgan fingerprint density at radius 1 is 1.42 bits per heavy atom. The quantitative estimate of drug-likeness (QED) is 0.649. The highest BCUT2D eigenvalue weighted by Gasteiger charge is 2.18. The van der Waals surface area contributed by atoms with Gasteiger partial charge in [0.1, 0.15) is 6.07 Å². The molecule has 0 radical (unpaired) electrons. The van der Waals surface area contributed by atoms with Crippen LogP contribution in [0, 0.1) is 17.1 Å². The maximum absolute atomic E-state index is 12.6. The van der Waals surface area contributed by atoms with Crippen molar-refractivity contribution >= 4 is 0 Å². The highest BCUT2D eigenvalue weighted by atomic mass is 19.3. The first-order valence-electron chi connectivity index (χ1n) is 2.98. The molecule has 0 unspecified atom stereocenters. The molecule has 12 heavy (non-hydrogen) atoms. The fraction of sp³-hybridized carbons (Fsp3) is 0.143. The van der Waals surface area contributed by atoms with Gasteiger partial charge in [0.25, 0.3) is 6.43 Å². The first-order chi connectivity index (χ1) is 5.66. The topological polar surface area (TPSA) is 36.7 Å². The van der Waals surface area contributed by atoms with Gasteiger partial charge in [0.2, 0.25) is 0 Å². The normalized spacial score (nSPS) is 9.92. The van der Waals surface area contributed by atoms with Gasteiger partial charge in [0.15, 0.2) is 5.82 Å². The van der Waals surface area contributed by atoms with Crippen LogP contribution in [-0.2, 0) is 0 Å². The molecule has 0 aromatic carbocycles. The van der Waals surface area contributed by atoms with E-state index in [4.69, 9.17) is 5.26 Å². The molecule has 2 nitrogen and oxygen atoms in total. The maximum atomic E-state index is 12.6. The summed E-state index contributed by atoms with van der Waals surface area (Å²) in [5.41, 5.74) is -1.31. The van der Waals surface area contributed by atoms with Crippen molar-refractivity contribution in [3.05, 3.63) is 29.3 Å². The second-order valence-electron chi connectivity index (χ2n) is 2.00. The van der Waals surface area contributed by atoms with Crippen LogP contribution in [0.1, 0.15) is 17.6 Å². The Morgan fingerprint density at radius 3 is 2.50 bits per heavy atom. The number of hydrogen-bond donors (Lipinski definition) is 0. The van der Waals surface area contributed by atoms with E-state index >= 15 is 0 Å². The van der Waals surface area contributed by atoms with Gasteiger partial charge in [-0.05, 0) is 0 Å². The van der Waals surface area contributed by atoms with Crippen LogP contribution >= 0.6 is 0 Å². The predicted molar refractivity (Wildman–Crippen MR) is 33.9 cm³/mol. The molecule has 0 aliphatic heterocycles. The summed E-state index contributed by atoms with van der Waals surface area (Å²) in [7, 11) is 0. The third-order valence-corrected chi connectivity index (χ3v) is 1.28. The van der Waals surface area contributed by atoms with Crippen LogP contribution in [0.15, 0.2) is 12.4 Å². The molecule has 0 spiro atoms. The zero-order valence-corrected chi connectivity index (χ0v) is 5.76. The van der Waals surface area contributed by atoms with Crippen molar-refractivity contribution in [2.45, 2.75) is 6.43 Å². The number of nitrogens with zero attached hydrogens (tertiary/aromatic N) is 2. The van der Waals surface area contributed by atoms with Gasteiger partial charge in [-0.3, -0.25) is 4.98 Å². The molecule has 5 heteroatoms. The molecule has 0 saturated heterocycles. The van der Waals surface area contributed by atoms with Crippen LogP contribution in [0.25, 0.3) is 0 Å². The van der Waals surface area contributed by atoms with Crippen LogP contribution in [0.2, 0.25) is 0 Å². The lowest BCUT2D eigenvalue weighted by Crippen LogP contribution is -1.96. The summed E-state index contributed by atoms with van der Waals surface area (Å²) in [6, 6.07) is 1.44. The summed E-state index contributed by atoms with van der Waals surface area (Å²) in [6.45, 7) is 0. The molecule has 0 N–H and O–H groups in total. The van der Waals surface area contributed by atoms with Crippen LogP contribution in [0.5, 0.6) is 0 Å². The second kappa shape index (κ2) is 3.22. The van der Waals surface area contributed by atoms with E-state index in [0.29, 0.717) is 6.20 Å². The fourth-order valence-electron chi connectivity index (χ4n) is 0.756. The highest BCUT2D eigenvalue weighted by molar-refractivity contribution is 5.36. The lowest BCUT2D eigenvalue weighted by atomic mass is 10.1. The number of hydrogen-bond acceptors (Lipinski definition) is 2. The molecule has 1 rings (SSSR count). The van der Waals surface area contributed by atoms with Gasteiger partial charge in [-0.25, -0.2) is 13.2 Å². The second-order valence-corrected chi connectivity index (χ2v) is 2.00. The third kappa shape index (κ3) is 1.37. The molecule has 0 aliphatic rings. The SMILES string of the molecule is N#Cc1cncc(F)c1C(F)F. The standard InChI is InChI=1S/C7H3F3N2/c8-5-3-12-2-4(1-11)6(5)7(9)10/h2-3,7H. The van der Waals surface area contributed by atoms with Crippen molar-refractivity contribution in [1.29, 1.82) is 5.26 Å². The molecule has 1 aromatic rings. The van der Waals surface area contributed by atoms with Crippen LogP contribution in [-0.4, -0.2) is 4.98 Å². The molecule has 62 valence electrons. The molecule has 0 aliphatic carbocycles. The summed E-state index contributed by atoms with van der Waals surface area (Å²) >= 11 is 0. The molecular formula is C7H3F3N2.